The average Bonchev–Trinajstić information content (AvgIpc) is 3.30. The van der Waals surface area contributed by atoms with Gasteiger partial charge in [0.1, 0.15) is 0 Å². The molecule has 4 rings (SSSR count). The first-order chi connectivity index (χ1) is 11.5. The Labute approximate surface area is 140 Å². The third-order valence-electron chi connectivity index (χ3n) is 5.82. The molecule has 2 amide bonds. The number of hydrogen-bond acceptors (Lipinski definition) is 3. The number of aromatic nitrogens is 1. The minimum atomic E-state index is -1.59. The van der Waals surface area contributed by atoms with Gasteiger partial charge in [0.15, 0.2) is 5.67 Å². The number of rotatable bonds is 3. The molecule has 2 saturated heterocycles. The average molecular weight is 331 g/mol. The van der Waals surface area contributed by atoms with Crippen molar-refractivity contribution in [1.82, 2.24) is 14.8 Å². The molecular weight excluding hydrogens is 309 g/mol. The van der Waals surface area contributed by atoms with Crippen LogP contribution in [0.25, 0.3) is 0 Å². The van der Waals surface area contributed by atoms with E-state index in [1.54, 1.807) is 17.3 Å². The molecule has 0 radical (unpaired) electrons. The molecule has 5 nitrogen and oxygen atoms in total. The number of nitrogens with zero attached hydrogens (tertiary/aromatic N) is 3. The second-order valence-corrected chi connectivity index (χ2v) is 7.32. The minimum Gasteiger partial charge on any atom is -0.340 e. The van der Waals surface area contributed by atoms with E-state index in [4.69, 9.17) is 0 Å². The third kappa shape index (κ3) is 2.58. The van der Waals surface area contributed by atoms with Gasteiger partial charge >= 0.3 is 0 Å². The van der Waals surface area contributed by atoms with Crippen LogP contribution in [-0.2, 0) is 16.1 Å². The maximum atomic E-state index is 14.0. The molecule has 128 valence electrons. The fourth-order valence-electron chi connectivity index (χ4n) is 4.05. The maximum Gasteiger partial charge on any atom is 0.260 e. The zero-order chi connectivity index (χ0) is 16.8. The van der Waals surface area contributed by atoms with Crippen LogP contribution in [0.3, 0.4) is 0 Å². The fraction of sp³-hybridized carbons (Fsp3) is 0.611. The zero-order valence-corrected chi connectivity index (χ0v) is 13.7. The summed E-state index contributed by atoms with van der Waals surface area (Å²) in [6.07, 6.45) is 7.07. The van der Waals surface area contributed by atoms with Crippen LogP contribution in [0.2, 0.25) is 0 Å². The van der Waals surface area contributed by atoms with Crippen molar-refractivity contribution in [3.05, 3.63) is 30.1 Å². The first kappa shape index (κ1) is 15.5. The van der Waals surface area contributed by atoms with E-state index in [2.05, 4.69) is 4.98 Å². The van der Waals surface area contributed by atoms with E-state index in [-0.39, 0.29) is 17.4 Å². The quantitative estimate of drug-likeness (QED) is 0.852. The molecule has 3 fully saturated rings. The Hall–Kier alpha value is -1.98. The lowest BCUT2D eigenvalue weighted by atomic mass is 9.84. The Balaban J connectivity index is 1.46. The van der Waals surface area contributed by atoms with E-state index in [0.29, 0.717) is 38.9 Å². The molecule has 6 heteroatoms. The molecule has 0 unspecified atom stereocenters. The smallest absolute Gasteiger partial charge is 0.260 e. The SMILES string of the molecule is O=C1CCC2(CCN(C(=O)C3(F)CC3)CC2)N1Cc1ccncc1. The summed E-state index contributed by atoms with van der Waals surface area (Å²) in [6, 6.07) is 3.86. The van der Waals surface area contributed by atoms with Crippen LogP contribution in [0.1, 0.15) is 44.1 Å². The summed E-state index contributed by atoms with van der Waals surface area (Å²) in [5.41, 5.74) is -0.699. The summed E-state index contributed by atoms with van der Waals surface area (Å²) in [5, 5.41) is 0. The van der Waals surface area contributed by atoms with Gasteiger partial charge in [-0.3, -0.25) is 14.6 Å². The molecule has 1 aliphatic carbocycles. The van der Waals surface area contributed by atoms with Crippen LogP contribution >= 0.6 is 0 Å². The van der Waals surface area contributed by atoms with Gasteiger partial charge in [-0.2, -0.15) is 0 Å². The molecule has 0 atom stereocenters. The molecule has 0 N–H and O–H groups in total. The number of hydrogen-bond donors (Lipinski definition) is 0. The van der Waals surface area contributed by atoms with Crippen LogP contribution in [0.15, 0.2) is 24.5 Å². The van der Waals surface area contributed by atoms with Crippen LogP contribution < -0.4 is 0 Å². The second kappa shape index (κ2) is 5.53. The Morgan fingerprint density at radius 2 is 1.79 bits per heavy atom. The lowest BCUT2D eigenvalue weighted by Crippen LogP contribution is -2.55. The standard InChI is InChI=1S/C18H22FN3O2/c19-18(5-6-18)16(24)21-11-7-17(8-12-21)4-1-15(23)22(17)13-14-2-9-20-10-3-14/h2-3,9-10H,1,4-8,11-13H2. The fourth-order valence-corrected chi connectivity index (χ4v) is 4.05. The number of carbonyl (C=O) groups excluding carboxylic acids is 2. The van der Waals surface area contributed by atoms with Gasteiger partial charge in [0.05, 0.1) is 0 Å². The lowest BCUT2D eigenvalue weighted by molar-refractivity contribution is -0.142. The number of pyridine rings is 1. The Kier molecular flexibility index (Phi) is 3.58. The molecular formula is C18H22FN3O2. The van der Waals surface area contributed by atoms with Crippen molar-refractivity contribution < 1.29 is 14.0 Å². The molecule has 2 aliphatic heterocycles. The molecule has 3 aliphatic rings. The van der Waals surface area contributed by atoms with Crippen molar-refractivity contribution >= 4 is 11.8 Å². The van der Waals surface area contributed by atoms with Crippen molar-refractivity contribution in [3.8, 4) is 0 Å². The lowest BCUT2D eigenvalue weighted by Gasteiger charge is -2.45. The summed E-state index contributed by atoms with van der Waals surface area (Å²) in [6.45, 7) is 1.68. The normalized spacial score (nSPS) is 24.5. The van der Waals surface area contributed by atoms with E-state index >= 15 is 0 Å². The molecule has 1 spiro atoms. The topological polar surface area (TPSA) is 53.5 Å². The van der Waals surface area contributed by atoms with Crippen LogP contribution in [-0.4, -0.2) is 50.9 Å². The Bertz CT molecular complexity index is 651. The second-order valence-electron chi connectivity index (χ2n) is 7.32. The highest BCUT2D eigenvalue weighted by atomic mass is 19.1. The van der Waals surface area contributed by atoms with Crippen molar-refractivity contribution in [3.63, 3.8) is 0 Å². The molecule has 3 heterocycles. The van der Waals surface area contributed by atoms with Crippen molar-refractivity contribution in [2.75, 3.05) is 13.1 Å². The molecule has 0 bridgehead atoms. The predicted octanol–water partition coefficient (Wildman–Crippen LogP) is 2.07. The van der Waals surface area contributed by atoms with Gasteiger partial charge in [-0.15, -0.1) is 0 Å². The van der Waals surface area contributed by atoms with Crippen molar-refractivity contribution in [2.24, 2.45) is 0 Å². The highest BCUT2D eigenvalue weighted by molar-refractivity contribution is 5.88. The summed E-state index contributed by atoms with van der Waals surface area (Å²) < 4.78 is 14.0. The molecule has 1 saturated carbocycles. The number of amides is 2. The van der Waals surface area contributed by atoms with Crippen molar-refractivity contribution in [2.45, 2.75) is 56.3 Å². The van der Waals surface area contributed by atoms with Gasteiger partial charge in [-0.25, -0.2) is 4.39 Å². The maximum absolute atomic E-state index is 14.0. The Morgan fingerprint density at radius 3 is 2.42 bits per heavy atom. The Morgan fingerprint density at radius 1 is 1.12 bits per heavy atom. The van der Waals surface area contributed by atoms with E-state index in [0.717, 1.165) is 24.8 Å². The highest BCUT2D eigenvalue weighted by Crippen LogP contribution is 2.44. The first-order valence-electron chi connectivity index (χ1n) is 8.70. The first-order valence-corrected chi connectivity index (χ1v) is 8.70. The zero-order valence-electron chi connectivity index (χ0n) is 13.7. The van der Waals surface area contributed by atoms with Gasteiger partial charge in [0, 0.05) is 44.0 Å². The van der Waals surface area contributed by atoms with Crippen molar-refractivity contribution in [1.29, 1.82) is 0 Å². The van der Waals surface area contributed by atoms with Gasteiger partial charge in [-0.05, 0) is 49.8 Å². The molecule has 0 aromatic carbocycles. The van der Waals surface area contributed by atoms with E-state index in [9.17, 15) is 14.0 Å². The minimum absolute atomic E-state index is 0.176. The predicted molar refractivity (Wildman–Crippen MR) is 85.6 cm³/mol. The monoisotopic (exact) mass is 331 g/mol. The van der Waals surface area contributed by atoms with Crippen LogP contribution in [0.4, 0.5) is 4.39 Å². The van der Waals surface area contributed by atoms with Crippen LogP contribution in [0, 0.1) is 0 Å². The van der Waals surface area contributed by atoms with Crippen LogP contribution in [0.5, 0.6) is 0 Å². The molecule has 1 aromatic heterocycles. The third-order valence-corrected chi connectivity index (χ3v) is 5.82. The molecule has 1 aromatic rings. The summed E-state index contributed by atoms with van der Waals surface area (Å²) in [5.74, 6) is -0.168. The van der Waals surface area contributed by atoms with Gasteiger partial charge < -0.3 is 9.80 Å². The number of likely N-dealkylation sites (tertiary alicyclic amines) is 2. The van der Waals surface area contributed by atoms with E-state index in [1.165, 1.54) is 0 Å². The summed E-state index contributed by atoms with van der Waals surface area (Å²) in [7, 11) is 0. The summed E-state index contributed by atoms with van der Waals surface area (Å²) in [4.78, 5) is 32.2. The highest BCUT2D eigenvalue weighted by Gasteiger charge is 2.55. The number of piperidine rings is 1. The molecule has 24 heavy (non-hydrogen) atoms. The van der Waals surface area contributed by atoms with E-state index in [1.807, 2.05) is 17.0 Å². The van der Waals surface area contributed by atoms with E-state index < -0.39 is 5.67 Å². The number of halogens is 1. The van der Waals surface area contributed by atoms with Gasteiger partial charge in [-0.1, -0.05) is 0 Å². The van der Waals surface area contributed by atoms with Gasteiger partial charge in [0.2, 0.25) is 5.91 Å². The largest absolute Gasteiger partial charge is 0.340 e. The summed E-state index contributed by atoms with van der Waals surface area (Å²) >= 11 is 0. The number of alkyl halides is 1. The number of carbonyl (C=O) groups is 2. The van der Waals surface area contributed by atoms with Gasteiger partial charge in [0.25, 0.3) is 5.91 Å².